The normalized spacial score (nSPS) is 11.2. The van der Waals surface area contributed by atoms with Crippen LogP contribution in [0.15, 0.2) is 60.1 Å². The summed E-state index contributed by atoms with van der Waals surface area (Å²) in [5.74, 6) is -0.689. The van der Waals surface area contributed by atoms with Gasteiger partial charge in [0.1, 0.15) is 22.5 Å². The van der Waals surface area contributed by atoms with Gasteiger partial charge in [-0.15, -0.1) is 11.3 Å². The number of aromatic nitrogens is 1. The Bertz CT molecular complexity index is 1060. The van der Waals surface area contributed by atoms with Gasteiger partial charge in [0.05, 0.1) is 17.4 Å². The smallest absolute Gasteiger partial charge is 0.338 e. The number of thiazole rings is 1. The maximum atomic E-state index is 13.1. The van der Waals surface area contributed by atoms with E-state index in [0.717, 1.165) is 5.56 Å². The minimum atomic E-state index is -0.379. The molecule has 0 fully saturated rings. The molecule has 3 aromatic rings. The quantitative estimate of drug-likeness (QED) is 0.432. The van der Waals surface area contributed by atoms with E-state index in [9.17, 15) is 14.4 Å². The van der Waals surface area contributed by atoms with Crippen molar-refractivity contribution in [3.63, 3.8) is 0 Å². The van der Waals surface area contributed by atoms with E-state index < -0.39 is 0 Å². The van der Waals surface area contributed by atoms with Gasteiger partial charge in [-0.05, 0) is 62.4 Å². The minimum Gasteiger partial charge on any atom is -0.459 e. The maximum absolute atomic E-state index is 13.1. The molecule has 0 amide bonds. The molecule has 2 aromatic carbocycles. The maximum Gasteiger partial charge on any atom is 0.338 e. The van der Waals surface area contributed by atoms with Gasteiger partial charge in [0.2, 0.25) is 0 Å². The summed E-state index contributed by atoms with van der Waals surface area (Å²) in [5.41, 5.74) is 3.00. The molecule has 0 saturated carbocycles. The van der Waals surface area contributed by atoms with E-state index in [4.69, 9.17) is 4.74 Å². The van der Waals surface area contributed by atoms with Crippen molar-refractivity contribution in [2.45, 2.75) is 20.0 Å². The number of anilines is 1. The molecular formula is C22H18FN3O2S. The number of nitrogens with one attached hydrogen (secondary N) is 1. The van der Waals surface area contributed by atoms with Crippen molar-refractivity contribution in [3.8, 4) is 17.3 Å². The fourth-order valence-corrected chi connectivity index (χ4v) is 3.23. The third kappa shape index (κ3) is 5.27. The van der Waals surface area contributed by atoms with E-state index >= 15 is 0 Å². The van der Waals surface area contributed by atoms with Crippen LogP contribution in [0.5, 0.6) is 0 Å². The lowest BCUT2D eigenvalue weighted by molar-refractivity contribution is 0.0378. The Morgan fingerprint density at radius 3 is 2.52 bits per heavy atom. The van der Waals surface area contributed by atoms with Crippen LogP contribution < -0.4 is 5.32 Å². The molecule has 0 aliphatic rings. The Morgan fingerprint density at radius 2 is 1.90 bits per heavy atom. The van der Waals surface area contributed by atoms with E-state index in [1.807, 2.05) is 5.38 Å². The van der Waals surface area contributed by atoms with Crippen LogP contribution in [0.3, 0.4) is 0 Å². The fraction of sp³-hybridized carbons (Fsp3) is 0.136. The van der Waals surface area contributed by atoms with Crippen molar-refractivity contribution < 1.29 is 13.9 Å². The van der Waals surface area contributed by atoms with E-state index in [1.165, 1.54) is 23.5 Å². The van der Waals surface area contributed by atoms with E-state index in [1.54, 1.807) is 56.4 Å². The standard InChI is InChI=1S/C22H18FN3O2S/c1-14(2)28-22(27)16-5-9-19(10-6-16)25-12-17(11-24)21-26-20(13-29-21)15-3-7-18(23)8-4-15/h3-10,12-14,25H,1-2H3. The van der Waals surface area contributed by atoms with Gasteiger partial charge >= 0.3 is 5.97 Å². The Hall–Kier alpha value is -3.50. The predicted molar refractivity (Wildman–Crippen MR) is 112 cm³/mol. The fourth-order valence-electron chi connectivity index (χ4n) is 2.43. The highest BCUT2D eigenvalue weighted by Gasteiger charge is 2.10. The highest BCUT2D eigenvalue weighted by molar-refractivity contribution is 7.11. The van der Waals surface area contributed by atoms with Crippen molar-refractivity contribution in [2.24, 2.45) is 0 Å². The first-order valence-corrected chi connectivity index (χ1v) is 9.74. The number of allylic oxidation sites excluding steroid dienone is 1. The largest absolute Gasteiger partial charge is 0.459 e. The number of nitriles is 1. The number of hydrogen-bond donors (Lipinski definition) is 1. The van der Waals surface area contributed by atoms with Crippen LogP contribution in [0, 0.1) is 17.1 Å². The number of rotatable bonds is 6. The third-order valence-electron chi connectivity index (χ3n) is 3.84. The van der Waals surface area contributed by atoms with Gasteiger partial charge in [-0.2, -0.15) is 5.26 Å². The molecule has 0 saturated heterocycles. The van der Waals surface area contributed by atoms with Gasteiger partial charge in [-0.25, -0.2) is 14.2 Å². The molecule has 0 aliphatic carbocycles. The van der Waals surface area contributed by atoms with Gasteiger partial charge in [0, 0.05) is 22.8 Å². The Kier molecular flexibility index (Phi) is 6.37. The second-order valence-corrected chi connectivity index (χ2v) is 7.25. The number of benzene rings is 2. The average Bonchev–Trinajstić information content (AvgIpc) is 3.19. The van der Waals surface area contributed by atoms with Crippen LogP contribution in [0.4, 0.5) is 10.1 Å². The number of esters is 1. The molecule has 0 bridgehead atoms. The van der Waals surface area contributed by atoms with Crippen molar-refractivity contribution in [1.82, 2.24) is 4.98 Å². The molecule has 146 valence electrons. The minimum absolute atomic E-state index is 0.181. The second-order valence-electron chi connectivity index (χ2n) is 6.39. The predicted octanol–water partition coefficient (Wildman–Crippen LogP) is 5.49. The molecule has 0 radical (unpaired) electrons. The van der Waals surface area contributed by atoms with Gasteiger partial charge < -0.3 is 10.1 Å². The van der Waals surface area contributed by atoms with E-state index in [-0.39, 0.29) is 17.9 Å². The molecular weight excluding hydrogens is 389 g/mol. The molecule has 1 N–H and O–H groups in total. The molecule has 7 heteroatoms. The van der Waals surface area contributed by atoms with Crippen LogP contribution in [0.25, 0.3) is 16.8 Å². The SMILES string of the molecule is CC(C)OC(=O)c1ccc(NC=C(C#N)c2nc(-c3ccc(F)cc3)cs2)cc1. The molecule has 29 heavy (non-hydrogen) atoms. The van der Waals surface area contributed by atoms with Crippen molar-refractivity contribution in [2.75, 3.05) is 5.32 Å². The zero-order chi connectivity index (χ0) is 20.8. The topological polar surface area (TPSA) is 75.0 Å². The molecule has 0 aliphatic heterocycles. The Morgan fingerprint density at radius 1 is 1.21 bits per heavy atom. The summed E-state index contributed by atoms with van der Waals surface area (Å²) in [6.07, 6.45) is 1.38. The molecule has 1 heterocycles. The van der Waals surface area contributed by atoms with Crippen LogP contribution in [-0.4, -0.2) is 17.1 Å². The van der Waals surface area contributed by atoms with Gasteiger partial charge in [-0.1, -0.05) is 0 Å². The summed E-state index contributed by atoms with van der Waals surface area (Å²) >= 11 is 1.33. The zero-order valence-corrected chi connectivity index (χ0v) is 16.7. The highest BCUT2D eigenvalue weighted by Crippen LogP contribution is 2.26. The number of ether oxygens (including phenoxy) is 1. The van der Waals surface area contributed by atoms with Crippen LogP contribution in [-0.2, 0) is 4.74 Å². The summed E-state index contributed by atoms with van der Waals surface area (Å²) in [4.78, 5) is 16.3. The average molecular weight is 407 g/mol. The van der Waals surface area contributed by atoms with Gasteiger partial charge in [-0.3, -0.25) is 0 Å². The zero-order valence-electron chi connectivity index (χ0n) is 15.8. The molecule has 1 aromatic heterocycles. The summed E-state index contributed by atoms with van der Waals surface area (Å²) in [7, 11) is 0. The Labute approximate surface area is 172 Å². The lowest BCUT2D eigenvalue weighted by Gasteiger charge is -2.08. The lowest BCUT2D eigenvalue weighted by atomic mass is 10.2. The summed E-state index contributed by atoms with van der Waals surface area (Å²) in [6.45, 7) is 3.59. The van der Waals surface area contributed by atoms with Crippen LogP contribution in [0.1, 0.15) is 29.2 Å². The number of halogens is 1. The van der Waals surface area contributed by atoms with Crippen LogP contribution >= 0.6 is 11.3 Å². The number of hydrogen-bond acceptors (Lipinski definition) is 6. The van der Waals surface area contributed by atoms with Gasteiger partial charge in [0.25, 0.3) is 0 Å². The van der Waals surface area contributed by atoms with Crippen LogP contribution in [0.2, 0.25) is 0 Å². The summed E-state index contributed by atoms with van der Waals surface area (Å²) in [5, 5.41) is 14.9. The molecule has 3 rings (SSSR count). The number of nitrogens with zero attached hydrogens (tertiary/aromatic N) is 2. The molecule has 0 unspecified atom stereocenters. The summed E-state index contributed by atoms with van der Waals surface area (Å²) in [6, 6.07) is 14.9. The highest BCUT2D eigenvalue weighted by atomic mass is 32.1. The summed E-state index contributed by atoms with van der Waals surface area (Å²) < 4.78 is 18.2. The number of carbonyl (C=O) groups excluding carboxylic acids is 1. The van der Waals surface area contributed by atoms with Gasteiger partial charge in [0.15, 0.2) is 0 Å². The van der Waals surface area contributed by atoms with Crippen molar-refractivity contribution in [3.05, 3.63) is 76.5 Å². The first kappa shape index (κ1) is 20.2. The van der Waals surface area contributed by atoms with E-state index in [0.29, 0.717) is 27.5 Å². The van der Waals surface area contributed by atoms with Crippen molar-refractivity contribution in [1.29, 1.82) is 5.26 Å². The molecule has 0 spiro atoms. The van der Waals surface area contributed by atoms with E-state index in [2.05, 4.69) is 16.4 Å². The second kappa shape index (κ2) is 9.13. The first-order chi connectivity index (χ1) is 14.0. The molecule has 5 nitrogen and oxygen atoms in total. The monoisotopic (exact) mass is 407 g/mol. The van der Waals surface area contributed by atoms with Crippen molar-refractivity contribution >= 4 is 28.6 Å². The number of carbonyl (C=O) groups is 1. The first-order valence-electron chi connectivity index (χ1n) is 8.86. The Balaban J connectivity index is 1.72. The lowest BCUT2D eigenvalue weighted by Crippen LogP contribution is -2.11. The molecule has 0 atom stereocenters. The third-order valence-corrected chi connectivity index (χ3v) is 4.72.